The number of nitrogens with zero attached hydrogens (tertiary/aromatic N) is 1. The molecule has 1 aromatic carbocycles. The van der Waals surface area contributed by atoms with E-state index in [9.17, 15) is 16.8 Å². The molecule has 0 heterocycles. The second-order valence-electron chi connectivity index (χ2n) is 5.37. The van der Waals surface area contributed by atoms with Crippen LogP contribution in [-0.2, 0) is 20.0 Å². The molecule has 1 aromatic rings. The molecule has 0 saturated carbocycles. The van der Waals surface area contributed by atoms with E-state index in [0.717, 1.165) is 6.26 Å². The minimum Gasteiger partial charge on any atom is -0.213 e. The number of rotatable bonds is 8. The Morgan fingerprint density at radius 1 is 1.23 bits per heavy atom. The smallest absolute Gasteiger partial charge is 0.213 e. The van der Waals surface area contributed by atoms with Crippen molar-refractivity contribution in [1.82, 2.24) is 9.03 Å². The monoisotopic (exact) mass is 368 g/mol. The number of halogens is 1. The van der Waals surface area contributed by atoms with Crippen molar-refractivity contribution >= 4 is 31.6 Å². The molecule has 0 aliphatic carbocycles. The summed E-state index contributed by atoms with van der Waals surface area (Å²) in [6.07, 6.45) is 1.11. The molecular formula is C13H21ClN2O4S2. The Morgan fingerprint density at radius 2 is 1.86 bits per heavy atom. The number of nitrogens with one attached hydrogen (secondary N) is 1. The average molecular weight is 369 g/mol. The van der Waals surface area contributed by atoms with Crippen LogP contribution in [0, 0.1) is 5.92 Å². The van der Waals surface area contributed by atoms with Gasteiger partial charge in [0.2, 0.25) is 20.0 Å². The van der Waals surface area contributed by atoms with Crippen LogP contribution in [0.4, 0.5) is 0 Å². The van der Waals surface area contributed by atoms with Gasteiger partial charge in [-0.3, -0.25) is 0 Å². The molecule has 0 bridgehead atoms. The van der Waals surface area contributed by atoms with Gasteiger partial charge in [0, 0.05) is 24.7 Å². The molecule has 126 valence electrons. The summed E-state index contributed by atoms with van der Waals surface area (Å²) in [5.74, 6) is 0.152. The van der Waals surface area contributed by atoms with Crippen LogP contribution in [0.25, 0.3) is 0 Å². The first-order chi connectivity index (χ1) is 10.0. The zero-order chi connectivity index (χ0) is 17.0. The molecule has 0 aliphatic rings. The highest BCUT2D eigenvalue weighted by Gasteiger charge is 2.19. The normalized spacial score (nSPS) is 13.0. The zero-order valence-electron chi connectivity index (χ0n) is 12.8. The number of benzene rings is 1. The van der Waals surface area contributed by atoms with Gasteiger partial charge in [-0.1, -0.05) is 31.5 Å². The van der Waals surface area contributed by atoms with Crippen molar-refractivity contribution < 1.29 is 16.8 Å². The van der Waals surface area contributed by atoms with Crippen molar-refractivity contribution in [2.24, 2.45) is 5.92 Å². The largest absolute Gasteiger partial charge is 0.240 e. The van der Waals surface area contributed by atoms with Gasteiger partial charge in [-0.25, -0.2) is 25.9 Å². The third-order valence-corrected chi connectivity index (χ3v) is 5.76. The van der Waals surface area contributed by atoms with Crippen LogP contribution in [0.15, 0.2) is 29.2 Å². The summed E-state index contributed by atoms with van der Waals surface area (Å²) in [5.41, 5.74) is 0. The molecule has 0 saturated heterocycles. The minimum absolute atomic E-state index is 0.00532. The second-order valence-corrected chi connectivity index (χ2v) is 9.56. The number of hydrogen-bond donors (Lipinski definition) is 1. The molecular weight excluding hydrogens is 348 g/mol. The molecule has 6 nitrogen and oxygen atoms in total. The maximum Gasteiger partial charge on any atom is 0.240 e. The molecule has 1 rings (SSSR count). The van der Waals surface area contributed by atoms with Crippen molar-refractivity contribution in [3.8, 4) is 0 Å². The lowest BCUT2D eigenvalue weighted by Gasteiger charge is -2.22. The first-order valence-corrected chi connectivity index (χ1v) is 10.4. The van der Waals surface area contributed by atoms with E-state index in [1.165, 1.54) is 16.4 Å². The summed E-state index contributed by atoms with van der Waals surface area (Å²) < 4.78 is 51.2. The lowest BCUT2D eigenvalue weighted by Crippen LogP contribution is -2.39. The van der Waals surface area contributed by atoms with E-state index in [1.807, 2.05) is 13.8 Å². The molecule has 0 amide bonds. The highest BCUT2D eigenvalue weighted by Crippen LogP contribution is 2.15. The molecule has 0 radical (unpaired) electrons. The summed E-state index contributed by atoms with van der Waals surface area (Å²) in [5, 5.41) is 0.320. The van der Waals surface area contributed by atoms with Gasteiger partial charge in [0.1, 0.15) is 0 Å². The van der Waals surface area contributed by atoms with E-state index in [4.69, 9.17) is 11.6 Å². The van der Waals surface area contributed by atoms with Gasteiger partial charge in [0.15, 0.2) is 0 Å². The Kier molecular flexibility index (Phi) is 6.82. The zero-order valence-corrected chi connectivity index (χ0v) is 15.2. The lowest BCUT2D eigenvalue weighted by molar-refractivity contribution is 0.372. The average Bonchev–Trinajstić information content (AvgIpc) is 2.36. The summed E-state index contributed by atoms with van der Waals surface area (Å²) in [6.45, 7) is 4.21. The van der Waals surface area contributed by atoms with Crippen molar-refractivity contribution in [3.63, 3.8) is 0 Å². The molecule has 1 N–H and O–H groups in total. The first kappa shape index (κ1) is 19.4. The van der Waals surface area contributed by atoms with Gasteiger partial charge < -0.3 is 0 Å². The standard InChI is InChI=1S/C13H21ClN2O4S2/c1-11(2)10-16(21(3,17)18)8-7-15-22(19,20)13-6-4-5-12(14)9-13/h4-6,9,11,15H,7-8,10H2,1-3H3. The van der Waals surface area contributed by atoms with Crippen molar-refractivity contribution in [2.45, 2.75) is 18.7 Å². The van der Waals surface area contributed by atoms with E-state index >= 15 is 0 Å². The van der Waals surface area contributed by atoms with E-state index in [0.29, 0.717) is 11.6 Å². The van der Waals surface area contributed by atoms with Gasteiger partial charge in [0.05, 0.1) is 11.2 Å². The van der Waals surface area contributed by atoms with Crippen molar-refractivity contribution in [2.75, 3.05) is 25.9 Å². The Bertz CT molecular complexity index is 703. The quantitative estimate of drug-likeness (QED) is 0.754. The predicted octanol–water partition coefficient (Wildman–Crippen LogP) is 1.54. The van der Waals surface area contributed by atoms with Gasteiger partial charge in [-0.2, -0.15) is 0 Å². The van der Waals surface area contributed by atoms with Crippen LogP contribution in [0.1, 0.15) is 13.8 Å². The first-order valence-electron chi connectivity index (χ1n) is 6.73. The molecule has 0 atom stereocenters. The van der Waals surface area contributed by atoms with Gasteiger partial charge >= 0.3 is 0 Å². The van der Waals surface area contributed by atoms with Crippen molar-refractivity contribution in [3.05, 3.63) is 29.3 Å². The van der Waals surface area contributed by atoms with E-state index in [2.05, 4.69) is 4.72 Å². The minimum atomic E-state index is -3.71. The molecule has 0 unspecified atom stereocenters. The Hall–Kier alpha value is -0.670. The lowest BCUT2D eigenvalue weighted by atomic mass is 10.2. The molecule has 0 aromatic heterocycles. The Balaban J connectivity index is 2.72. The molecule has 0 aliphatic heterocycles. The van der Waals surface area contributed by atoms with E-state index in [1.54, 1.807) is 12.1 Å². The highest BCUT2D eigenvalue weighted by atomic mass is 35.5. The maximum absolute atomic E-state index is 12.1. The topological polar surface area (TPSA) is 83.6 Å². The fraction of sp³-hybridized carbons (Fsp3) is 0.538. The Labute approximate surface area is 137 Å². The molecule has 9 heteroatoms. The van der Waals surface area contributed by atoms with Crippen LogP contribution >= 0.6 is 11.6 Å². The molecule has 22 heavy (non-hydrogen) atoms. The fourth-order valence-electron chi connectivity index (χ4n) is 1.82. The Morgan fingerprint density at radius 3 is 2.36 bits per heavy atom. The molecule has 0 spiro atoms. The van der Waals surface area contributed by atoms with Crippen LogP contribution in [0.3, 0.4) is 0 Å². The van der Waals surface area contributed by atoms with Crippen LogP contribution in [0.2, 0.25) is 5.02 Å². The fourth-order valence-corrected chi connectivity index (χ4v) is 4.14. The molecule has 0 fully saturated rings. The summed E-state index contributed by atoms with van der Waals surface area (Å²) in [6, 6.07) is 5.88. The van der Waals surface area contributed by atoms with E-state index < -0.39 is 20.0 Å². The van der Waals surface area contributed by atoms with Crippen LogP contribution < -0.4 is 4.72 Å². The third kappa shape index (κ3) is 6.21. The number of hydrogen-bond acceptors (Lipinski definition) is 4. The summed E-state index contributed by atoms with van der Waals surface area (Å²) in [7, 11) is -7.08. The van der Waals surface area contributed by atoms with Crippen LogP contribution in [-0.4, -0.2) is 47.0 Å². The predicted molar refractivity (Wildman–Crippen MR) is 87.9 cm³/mol. The third-order valence-electron chi connectivity index (χ3n) is 2.80. The summed E-state index contributed by atoms with van der Waals surface area (Å²) >= 11 is 5.77. The number of sulfonamides is 2. The van der Waals surface area contributed by atoms with Gasteiger partial charge in [0.25, 0.3) is 0 Å². The summed E-state index contributed by atoms with van der Waals surface area (Å²) in [4.78, 5) is 0.0507. The van der Waals surface area contributed by atoms with Gasteiger partial charge in [-0.15, -0.1) is 0 Å². The van der Waals surface area contributed by atoms with Crippen molar-refractivity contribution in [1.29, 1.82) is 0 Å². The second kappa shape index (κ2) is 7.74. The van der Waals surface area contributed by atoms with Crippen LogP contribution in [0.5, 0.6) is 0 Å². The SMILES string of the molecule is CC(C)CN(CCNS(=O)(=O)c1cccc(Cl)c1)S(C)(=O)=O. The maximum atomic E-state index is 12.1. The van der Waals surface area contributed by atoms with E-state index in [-0.39, 0.29) is 23.9 Å². The van der Waals surface area contributed by atoms with Gasteiger partial charge in [-0.05, 0) is 24.1 Å². The highest BCUT2D eigenvalue weighted by molar-refractivity contribution is 7.89.